The van der Waals surface area contributed by atoms with Gasteiger partial charge in [0.15, 0.2) is 0 Å². The molecule has 0 aliphatic heterocycles. The van der Waals surface area contributed by atoms with Crippen LogP contribution in [0.4, 0.5) is 0 Å². The van der Waals surface area contributed by atoms with Crippen molar-refractivity contribution < 1.29 is 15.0 Å². The Bertz CT molecular complexity index is 707. The van der Waals surface area contributed by atoms with E-state index in [9.17, 15) is 15.0 Å². The van der Waals surface area contributed by atoms with Crippen molar-refractivity contribution in [2.75, 3.05) is 6.61 Å². The number of rotatable bonds is 29. The molecule has 0 radical (unpaired) electrons. The molecule has 2 unspecified atom stereocenters. The summed E-state index contributed by atoms with van der Waals surface area (Å²) in [6.07, 6.45) is 44.5. The zero-order valence-corrected chi connectivity index (χ0v) is 26.8. The molecule has 0 aromatic rings. The molecule has 4 heteroatoms. The van der Waals surface area contributed by atoms with Crippen molar-refractivity contribution >= 4 is 5.91 Å². The van der Waals surface area contributed by atoms with Gasteiger partial charge in [0.1, 0.15) is 0 Å². The van der Waals surface area contributed by atoms with Gasteiger partial charge in [0.05, 0.1) is 18.8 Å². The minimum Gasteiger partial charge on any atom is -0.394 e. The van der Waals surface area contributed by atoms with Gasteiger partial charge in [0.25, 0.3) is 0 Å². The van der Waals surface area contributed by atoms with Gasteiger partial charge in [-0.2, -0.15) is 0 Å². The molecular weight excluding hydrogens is 506 g/mol. The van der Waals surface area contributed by atoms with Gasteiger partial charge < -0.3 is 15.5 Å². The van der Waals surface area contributed by atoms with E-state index in [2.05, 4.69) is 61.7 Å². The maximum absolute atomic E-state index is 12.2. The van der Waals surface area contributed by atoms with E-state index in [-0.39, 0.29) is 12.5 Å². The van der Waals surface area contributed by atoms with E-state index in [1.54, 1.807) is 6.08 Å². The molecule has 2 atom stereocenters. The number of carbonyl (C=O) groups excluding carboxylic acids is 1. The number of hydrogen-bond donors (Lipinski definition) is 3. The Balaban J connectivity index is 3.85. The van der Waals surface area contributed by atoms with Gasteiger partial charge in [-0.05, 0) is 64.2 Å². The Morgan fingerprint density at radius 2 is 1.02 bits per heavy atom. The van der Waals surface area contributed by atoms with Crippen LogP contribution in [0.15, 0.2) is 60.8 Å². The first kappa shape index (κ1) is 39.1. The molecule has 3 N–H and O–H groups in total. The lowest BCUT2D eigenvalue weighted by Crippen LogP contribution is -2.45. The summed E-state index contributed by atoms with van der Waals surface area (Å²) < 4.78 is 0. The number of carbonyl (C=O) groups is 1. The summed E-state index contributed by atoms with van der Waals surface area (Å²) in [5, 5.41) is 22.7. The lowest BCUT2D eigenvalue weighted by molar-refractivity contribution is -0.122. The highest BCUT2D eigenvalue weighted by Crippen LogP contribution is 2.09. The first-order valence-corrected chi connectivity index (χ1v) is 17.0. The Morgan fingerprint density at radius 1 is 0.585 bits per heavy atom. The standard InChI is InChI=1S/C37H65NO3/c1-3-5-7-9-11-13-15-17-18-19-21-22-24-26-28-30-32-36(40)35(34-39)38-37(41)33-31-29-27-25-23-20-16-14-12-10-8-6-4-2/h17-18,20,22-24,27,29-30,32,35-36,39-40H,3-16,19,21,25-26,28,31,33-34H2,1-2H3,(H,38,41)/b18-17+,23-20-,24-22+,29-27-,32-30+. The summed E-state index contributed by atoms with van der Waals surface area (Å²) in [6, 6.07) is -0.675. The second-order valence-corrected chi connectivity index (χ2v) is 11.2. The van der Waals surface area contributed by atoms with Gasteiger partial charge in [-0.3, -0.25) is 4.79 Å². The molecule has 0 bridgehead atoms. The van der Waals surface area contributed by atoms with Crippen molar-refractivity contribution in [3.63, 3.8) is 0 Å². The van der Waals surface area contributed by atoms with Crippen LogP contribution in [0.3, 0.4) is 0 Å². The van der Waals surface area contributed by atoms with E-state index in [1.165, 1.54) is 83.5 Å². The molecule has 236 valence electrons. The van der Waals surface area contributed by atoms with E-state index in [0.717, 1.165) is 38.5 Å². The summed E-state index contributed by atoms with van der Waals surface area (Å²) in [5.41, 5.74) is 0. The Hall–Kier alpha value is -1.91. The average molecular weight is 572 g/mol. The van der Waals surface area contributed by atoms with Crippen molar-refractivity contribution in [1.82, 2.24) is 5.32 Å². The summed E-state index contributed by atoms with van der Waals surface area (Å²) in [6.45, 7) is 4.22. The molecule has 0 aromatic heterocycles. The van der Waals surface area contributed by atoms with E-state index in [0.29, 0.717) is 12.8 Å². The molecule has 0 aliphatic rings. The number of aliphatic hydroxyl groups excluding tert-OH is 2. The highest BCUT2D eigenvalue weighted by molar-refractivity contribution is 5.76. The van der Waals surface area contributed by atoms with Crippen LogP contribution in [-0.2, 0) is 4.79 Å². The van der Waals surface area contributed by atoms with Crippen LogP contribution >= 0.6 is 0 Å². The minimum absolute atomic E-state index is 0.149. The minimum atomic E-state index is -0.892. The van der Waals surface area contributed by atoms with Crippen LogP contribution in [0.2, 0.25) is 0 Å². The Morgan fingerprint density at radius 3 is 1.56 bits per heavy atom. The Labute approximate surface area is 254 Å². The number of unbranched alkanes of at least 4 members (excludes halogenated alkanes) is 14. The van der Waals surface area contributed by atoms with Gasteiger partial charge in [0.2, 0.25) is 5.91 Å². The molecule has 0 saturated heterocycles. The molecule has 1 amide bonds. The third-order valence-corrected chi connectivity index (χ3v) is 7.21. The molecule has 0 fully saturated rings. The van der Waals surface area contributed by atoms with Crippen LogP contribution < -0.4 is 5.32 Å². The zero-order chi connectivity index (χ0) is 30.1. The molecule has 0 heterocycles. The second kappa shape index (κ2) is 32.6. The fourth-order valence-electron chi connectivity index (χ4n) is 4.55. The van der Waals surface area contributed by atoms with Crippen molar-refractivity contribution in [3.8, 4) is 0 Å². The molecule has 4 nitrogen and oxygen atoms in total. The third-order valence-electron chi connectivity index (χ3n) is 7.21. The smallest absolute Gasteiger partial charge is 0.220 e. The second-order valence-electron chi connectivity index (χ2n) is 11.2. The zero-order valence-electron chi connectivity index (χ0n) is 26.8. The molecule has 0 saturated carbocycles. The van der Waals surface area contributed by atoms with Crippen molar-refractivity contribution in [2.45, 2.75) is 161 Å². The van der Waals surface area contributed by atoms with Crippen molar-refractivity contribution in [2.24, 2.45) is 0 Å². The number of allylic oxidation sites excluding steroid dienone is 9. The molecule has 0 rings (SSSR count). The fourth-order valence-corrected chi connectivity index (χ4v) is 4.55. The average Bonchev–Trinajstić information content (AvgIpc) is 2.97. The highest BCUT2D eigenvalue weighted by Gasteiger charge is 2.17. The summed E-state index contributed by atoms with van der Waals surface area (Å²) in [4.78, 5) is 12.2. The summed E-state index contributed by atoms with van der Waals surface area (Å²) >= 11 is 0. The van der Waals surface area contributed by atoms with Crippen LogP contribution in [0.5, 0.6) is 0 Å². The molecule has 0 aromatic carbocycles. The van der Waals surface area contributed by atoms with Gasteiger partial charge in [0, 0.05) is 6.42 Å². The lowest BCUT2D eigenvalue weighted by atomic mass is 10.1. The van der Waals surface area contributed by atoms with Gasteiger partial charge in [-0.1, -0.05) is 139 Å². The summed E-state index contributed by atoms with van der Waals surface area (Å²) in [5.74, 6) is -0.149. The number of amides is 1. The van der Waals surface area contributed by atoms with Crippen LogP contribution in [0.25, 0.3) is 0 Å². The summed E-state index contributed by atoms with van der Waals surface area (Å²) in [7, 11) is 0. The van der Waals surface area contributed by atoms with Crippen molar-refractivity contribution in [1.29, 1.82) is 0 Å². The number of hydrogen-bond acceptors (Lipinski definition) is 3. The van der Waals surface area contributed by atoms with Gasteiger partial charge >= 0.3 is 0 Å². The fraction of sp³-hybridized carbons (Fsp3) is 0.703. The van der Waals surface area contributed by atoms with Crippen LogP contribution in [-0.4, -0.2) is 34.9 Å². The topological polar surface area (TPSA) is 69.6 Å². The number of nitrogens with one attached hydrogen (secondary N) is 1. The predicted molar refractivity (Wildman–Crippen MR) is 179 cm³/mol. The molecular formula is C37H65NO3. The highest BCUT2D eigenvalue weighted by atomic mass is 16.3. The molecule has 41 heavy (non-hydrogen) atoms. The van der Waals surface area contributed by atoms with E-state index in [1.807, 2.05) is 12.2 Å². The van der Waals surface area contributed by atoms with Gasteiger partial charge in [-0.25, -0.2) is 0 Å². The maximum Gasteiger partial charge on any atom is 0.220 e. The third kappa shape index (κ3) is 29.4. The van der Waals surface area contributed by atoms with Crippen LogP contribution in [0.1, 0.15) is 149 Å². The SMILES string of the molecule is CCCCCCCC/C=C\C/C=C\CCC(=O)NC(CO)C(O)/C=C/CC/C=C/CC/C=C/CCCCCCCC. The maximum atomic E-state index is 12.2. The first-order valence-electron chi connectivity index (χ1n) is 17.0. The van der Waals surface area contributed by atoms with Crippen LogP contribution in [0, 0.1) is 0 Å². The quantitative estimate of drug-likeness (QED) is 0.0618. The van der Waals surface area contributed by atoms with Crippen molar-refractivity contribution in [3.05, 3.63) is 60.8 Å². The lowest BCUT2D eigenvalue weighted by Gasteiger charge is -2.19. The molecule has 0 spiro atoms. The monoisotopic (exact) mass is 571 g/mol. The largest absolute Gasteiger partial charge is 0.394 e. The Kier molecular flexibility index (Phi) is 31.1. The first-order chi connectivity index (χ1) is 20.2. The van der Waals surface area contributed by atoms with Gasteiger partial charge in [-0.15, -0.1) is 0 Å². The normalized spacial score (nSPS) is 14.0. The van der Waals surface area contributed by atoms with E-state index >= 15 is 0 Å². The van der Waals surface area contributed by atoms with E-state index < -0.39 is 12.1 Å². The van der Waals surface area contributed by atoms with E-state index in [4.69, 9.17) is 0 Å². The molecule has 0 aliphatic carbocycles. The predicted octanol–water partition coefficient (Wildman–Crippen LogP) is 9.84. The number of aliphatic hydroxyl groups is 2.